The van der Waals surface area contributed by atoms with E-state index in [1.54, 1.807) is 24.3 Å². The quantitative estimate of drug-likeness (QED) is 0.863. The summed E-state index contributed by atoms with van der Waals surface area (Å²) in [4.78, 5) is 0.530. The summed E-state index contributed by atoms with van der Waals surface area (Å²) in [6.07, 6.45) is 0. The molecule has 0 aromatic heterocycles. The molecule has 2 aromatic rings. The molecule has 112 valence electrons. The third-order valence-electron chi connectivity index (χ3n) is 2.95. The lowest BCUT2D eigenvalue weighted by atomic mass is 10.2. The molecule has 0 aliphatic heterocycles. The maximum Gasteiger partial charge on any atom is 0.165 e. The lowest BCUT2D eigenvalue weighted by molar-refractivity contribution is 0.386. The molecule has 2 N–H and O–H groups in total. The van der Waals surface area contributed by atoms with Gasteiger partial charge in [-0.2, -0.15) is 0 Å². The second kappa shape index (κ2) is 6.58. The van der Waals surface area contributed by atoms with Crippen LogP contribution in [0, 0.1) is 5.82 Å². The van der Waals surface area contributed by atoms with E-state index in [1.807, 2.05) is 0 Å². The molecule has 1 atom stereocenters. The number of methoxy groups -OCH3 is 2. The first-order valence-electron chi connectivity index (χ1n) is 6.19. The first kappa shape index (κ1) is 15.3. The van der Waals surface area contributed by atoms with Crippen LogP contribution in [0.25, 0.3) is 0 Å². The number of benzene rings is 2. The second-order valence-corrected chi connectivity index (χ2v) is 5.79. The Morgan fingerprint density at radius 1 is 1.10 bits per heavy atom. The average molecular weight is 309 g/mol. The van der Waals surface area contributed by atoms with Crippen LogP contribution in [-0.2, 0) is 16.6 Å². The SMILES string of the molecule is COc1ccc(CS(=O)c2ccc(N)cc2OC)cc1F. The summed E-state index contributed by atoms with van der Waals surface area (Å²) in [5.74, 6) is 0.328. The Bertz CT molecular complexity index is 676. The maximum absolute atomic E-state index is 13.6. The van der Waals surface area contributed by atoms with Crippen molar-refractivity contribution >= 4 is 16.5 Å². The highest BCUT2D eigenvalue weighted by molar-refractivity contribution is 7.84. The Morgan fingerprint density at radius 3 is 2.43 bits per heavy atom. The molecule has 0 aliphatic carbocycles. The zero-order chi connectivity index (χ0) is 15.4. The fraction of sp³-hybridized carbons (Fsp3) is 0.200. The van der Waals surface area contributed by atoms with Crippen molar-refractivity contribution in [3.63, 3.8) is 0 Å². The van der Waals surface area contributed by atoms with E-state index in [0.717, 1.165) is 0 Å². The van der Waals surface area contributed by atoms with Crippen molar-refractivity contribution in [3.05, 3.63) is 47.8 Å². The molecule has 0 saturated carbocycles. The van der Waals surface area contributed by atoms with Crippen molar-refractivity contribution in [1.29, 1.82) is 0 Å². The Labute approximate surface area is 125 Å². The number of hydrogen-bond acceptors (Lipinski definition) is 4. The van der Waals surface area contributed by atoms with Gasteiger partial charge in [-0.05, 0) is 29.8 Å². The van der Waals surface area contributed by atoms with E-state index >= 15 is 0 Å². The first-order chi connectivity index (χ1) is 10.0. The van der Waals surface area contributed by atoms with Gasteiger partial charge in [-0.1, -0.05) is 6.07 Å². The van der Waals surface area contributed by atoms with Gasteiger partial charge in [-0.3, -0.25) is 4.21 Å². The van der Waals surface area contributed by atoms with Gasteiger partial charge < -0.3 is 15.2 Å². The molecular weight excluding hydrogens is 293 g/mol. The molecule has 0 amide bonds. The van der Waals surface area contributed by atoms with E-state index in [2.05, 4.69) is 0 Å². The Hall–Kier alpha value is -2.08. The zero-order valence-corrected chi connectivity index (χ0v) is 12.6. The molecule has 6 heteroatoms. The van der Waals surface area contributed by atoms with E-state index in [4.69, 9.17) is 15.2 Å². The molecule has 0 aliphatic rings. The first-order valence-corrected chi connectivity index (χ1v) is 7.51. The van der Waals surface area contributed by atoms with E-state index in [-0.39, 0.29) is 11.5 Å². The minimum absolute atomic E-state index is 0.162. The molecule has 0 radical (unpaired) electrons. The topological polar surface area (TPSA) is 61.5 Å². The Kier molecular flexibility index (Phi) is 4.80. The molecule has 4 nitrogen and oxygen atoms in total. The number of hydrogen-bond donors (Lipinski definition) is 1. The van der Waals surface area contributed by atoms with Crippen molar-refractivity contribution in [2.75, 3.05) is 20.0 Å². The van der Waals surface area contributed by atoms with Crippen LogP contribution in [0.3, 0.4) is 0 Å². The summed E-state index contributed by atoms with van der Waals surface area (Å²) >= 11 is 0. The second-order valence-electron chi connectivity index (χ2n) is 4.37. The Morgan fingerprint density at radius 2 is 1.81 bits per heavy atom. The maximum atomic E-state index is 13.6. The largest absolute Gasteiger partial charge is 0.495 e. The molecule has 2 aromatic carbocycles. The van der Waals surface area contributed by atoms with Crippen LogP contribution in [-0.4, -0.2) is 18.4 Å². The number of nitrogen functional groups attached to an aromatic ring is 1. The van der Waals surface area contributed by atoms with Crippen LogP contribution in [0.4, 0.5) is 10.1 Å². The van der Waals surface area contributed by atoms with Crippen LogP contribution in [0.5, 0.6) is 11.5 Å². The van der Waals surface area contributed by atoms with Gasteiger partial charge in [0.2, 0.25) is 0 Å². The van der Waals surface area contributed by atoms with Gasteiger partial charge in [0.1, 0.15) is 5.75 Å². The highest BCUT2D eigenvalue weighted by atomic mass is 32.2. The van der Waals surface area contributed by atoms with E-state index in [1.165, 1.54) is 26.4 Å². The van der Waals surface area contributed by atoms with Gasteiger partial charge in [0, 0.05) is 11.8 Å². The van der Waals surface area contributed by atoms with Crippen LogP contribution < -0.4 is 15.2 Å². The third kappa shape index (κ3) is 3.52. The lowest BCUT2D eigenvalue weighted by Crippen LogP contribution is -2.01. The third-order valence-corrected chi connectivity index (χ3v) is 4.37. The summed E-state index contributed by atoms with van der Waals surface area (Å²) in [5.41, 5.74) is 6.81. The smallest absolute Gasteiger partial charge is 0.165 e. The van der Waals surface area contributed by atoms with Gasteiger partial charge in [-0.25, -0.2) is 4.39 Å². The van der Waals surface area contributed by atoms with Crippen LogP contribution in [0.1, 0.15) is 5.56 Å². The predicted molar refractivity (Wildman–Crippen MR) is 80.5 cm³/mol. The van der Waals surface area contributed by atoms with Gasteiger partial charge in [0.25, 0.3) is 0 Å². The van der Waals surface area contributed by atoms with Crippen molar-refractivity contribution in [2.24, 2.45) is 0 Å². The number of rotatable bonds is 5. The summed E-state index contributed by atoms with van der Waals surface area (Å²) in [6, 6.07) is 9.45. The minimum Gasteiger partial charge on any atom is -0.495 e. The van der Waals surface area contributed by atoms with Crippen molar-refractivity contribution in [3.8, 4) is 11.5 Å². The van der Waals surface area contributed by atoms with Crippen LogP contribution in [0.15, 0.2) is 41.3 Å². The fourth-order valence-electron chi connectivity index (χ4n) is 1.90. The van der Waals surface area contributed by atoms with Gasteiger partial charge >= 0.3 is 0 Å². The predicted octanol–water partition coefficient (Wildman–Crippen LogP) is 2.73. The van der Waals surface area contributed by atoms with Gasteiger partial charge in [0.05, 0.1) is 35.7 Å². The molecule has 21 heavy (non-hydrogen) atoms. The fourth-order valence-corrected chi connectivity index (χ4v) is 3.13. The molecular formula is C15H16FNO3S. The molecule has 0 saturated heterocycles. The van der Waals surface area contributed by atoms with E-state index < -0.39 is 16.6 Å². The normalized spacial score (nSPS) is 12.0. The average Bonchev–Trinajstić information content (AvgIpc) is 2.47. The van der Waals surface area contributed by atoms with E-state index in [0.29, 0.717) is 21.9 Å². The molecule has 0 fully saturated rings. The molecule has 0 heterocycles. The molecule has 1 unspecified atom stereocenters. The number of ether oxygens (including phenoxy) is 2. The zero-order valence-electron chi connectivity index (χ0n) is 11.8. The molecule has 2 rings (SSSR count). The van der Waals surface area contributed by atoms with E-state index in [9.17, 15) is 8.60 Å². The highest BCUT2D eigenvalue weighted by Gasteiger charge is 2.13. The van der Waals surface area contributed by atoms with Gasteiger partial charge in [-0.15, -0.1) is 0 Å². The summed E-state index contributed by atoms with van der Waals surface area (Å²) in [5, 5.41) is 0. The molecule has 0 spiro atoms. The number of halogens is 1. The molecule has 0 bridgehead atoms. The summed E-state index contributed by atoms with van der Waals surface area (Å²) in [6.45, 7) is 0. The standard InChI is InChI=1S/C15H16FNO3S/c1-19-13-5-3-10(7-12(13)16)9-21(18)15-6-4-11(17)8-14(15)20-2/h3-8H,9,17H2,1-2H3. The summed E-state index contributed by atoms with van der Waals surface area (Å²) in [7, 11) is 1.53. The minimum atomic E-state index is -1.36. The summed E-state index contributed by atoms with van der Waals surface area (Å²) < 4.78 is 36.1. The van der Waals surface area contributed by atoms with Crippen LogP contribution in [0.2, 0.25) is 0 Å². The van der Waals surface area contributed by atoms with Crippen LogP contribution >= 0.6 is 0 Å². The van der Waals surface area contributed by atoms with Crippen molar-refractivity contribution in [2.45, 2.75) is 10.6 Å². The highest BCUT2D eigenvalue weighted by Crippen LogP contribution is 2.27. The van der Waals surface area contributed by atoms with Crippen molar-refractivity contribution in [1.82, 2.24) is 0 Å². The number of anilines is 1. The number of nitrogens with two attached hydrogens (primary N) is 1. The lowest BCUT2D eigenvalue weighted by Gasteiger charge is -2.10. The Balaban J connectivity index is 2.24. The monoisotopic (exact) mass is 309 g/mol. The van der Waals surface area contributed by atoms with Gasteiger partial charge in [0.15, 0.2) is 11.6 Å². The van der Waals surface area contributed by atoms with Crippen molar-refractivity contribution < 1.29 is 18.1 Å².